The Kier molecular flexibility index (Phi) is 8.63. The molecule has 0 aliphatic heterocycles. The number of aliphatic carboxylic acids is 1. The van der Waals surface area contributed by atoms with E-state index in [9.17, 15) is 10.0 Å². The van der Waals surface area contributed by atoms with Crippen molar-refractivity contribution < 1.29 is 24.6 Å². The number of carboxylic acids is 1. The fourth-order valence-electron chi connectivity index (χ4n) is 3.18. The van der Waals surface area contributed by atoms with E-state index in [1.54, 1.807) is 0 Å². The monoisotopic (exact) mass is 443 g/mol. The number of rotatable bonds is 9. The maximum atomic E-state index is 11.1. The fourth-order valence-corrected chi connectivity index (χ4v) is 3.18. The molecule has 0 bridgehead atoms. The molecule has 2 N–H and O–H groups in total. The quantitative estimate of drug-likeness (QED) is 0.169. The molecule has 6 nitrogen and oxygen atoms in total. The van der Waals surface area contributed by atoms with Gasteiger partial charge in [0.2, 0.25) is 0 Å². The van der Waals surface area contributed by atoms with Crippen LogP contribution in [-0.4, -0.2) is 41.8 Å². The summed E-state index contributed by atoms with van der Waals surface area (Å²) < 4.78 is 10.7. The lowest BCUT2D eigenvalue weighted by Crippen LogP contribution is -2.24. The van der Waals surface area contributed by atoms with Gasteiger partial charge in [0.15, 0.2) is 6.10 Å². The molecule has 0 radical (unpaired) electrons. The summed E-state index contributed by atoms with van der Waals surface area (Å²) in [5, 5.41) is 21.9. The lowest BCUT2D eigenvalue weighted by atomic mass is 10.0. The predicted molar refractivity (Wildman–Crippen MR) is 126 cm³/mol. The number of methoxy groups -OCH3 is 1. The molecule has 3 aromatic carbocycles. The molecule has 0 spiro atoms. The normalized spacial score (nSPS) is 11.8. The first-order valence-corrected chi connectivity index (χ1v) is 10.4. The van der Waals surface area contributed by atoms with Crippen LogP contribution >= 0.6 is 0 Å². The fraction of sp³-hybridized carbons (Fsp3) is 0.185. The molecule has 168 valence electrons. The van der Waals surface area contributed by atoms with Gasteiger partial charge >= 0.3 is 5.97 Å². The highest BCUT2D eigenvalue weighted by atomic mass is 16.5. The van der Waals surface area contributed by atoms with Crippen molar-refractivity contribution >= 4 is 11.7 Å². The molecule has 1 atom stereocenters. The third-order valence-corrected chi connectivity index (χ3v) is 4.94. The van der Waals surface area contributed by atoms with Crippen molar-refractivity contribution in [3.8, 4) is 17.6 Å². The molecule has 0 amide bonds. The Morgan fingerprint density at radius 3 is 2.24 bits per heavy atom. The minimum atomic E-state index is -0.978. The number of oxime groups is 1. The number of nitrogens with zero attached hydrogens (tertiary/aromatic N) is 1. The van der Waals surface area contributed by atoms with Crippen LogP contribution in [0.4, 0.5) is 0 Å². The van der Waals surface area contributed by atoms with E-state index in [1.165, 1.54) is 7.11 Å². The number of ether oxygens (including phenoxy) is 2. The summed E-state index contributed by atoms with van der Waals surface area (Å²) in [7, 11) is 1.39. The highest BCUT2D eigenvalue weighted by Gasteiger charge is 2.16. The standard InChI is InChI=1S/C27H25NO5/c1-32-25(27(29)30)19-21-12-10-20(11-13-21)7-5-6-18-33-24-16-14-23(15-17-24)26(28-31)22-8-3-2-4-9-22/h2-4,8-17,25,31H,6,18-19H2,1H3,(H,29,30). The Labute approximate surface area is 193 Å². The summed E-state index contributed by atoms with van der Waals surface area (Å²) in [5.74, 6) is 5.88. The van der Waals surface area contributed by atoms with Crippen molar-refractivity contribution in [3.05, 3.63) is 101 Å². The van der Waals surface area contributed by atoms with Crippen molar-refractivity contribution in [2.45, 2.75) is 18.9 Å². The van der Waals surface area contributed by atoms with Crippen molar-refractivity contribution in [2.75, 3.05) is 13.7 Å². The topological polar surface area (TPSA) is 88.4 Å². The molecular formula is C27H25NO5. The Hall–Kier alpha value is -4.08. The zero-order chi connectivity index (χ0) is 23.5. The number of carbonyl (C=O) groups is 1. The molecule has 0 aromatic heterocycles. The van der Waals surface area contributed by atoms with E-state index in [2.05, 4.69) is 17.0 Å². The lowest BCUT2D eigenvalue weighted by molar-refractivity contribution is -0.148. The molecule has 6 heteroatoms. The molecule has 0 saturated carbocycles. The maximum absolute atomic E-state index is 11.1. The first-order valence-electron chi connectivity index (χ1n) is 10.4. The molecule has 33 heavy (non-hydrogen) atoms. The predicted octanol–water partition coefficient (Wildman–Crippen LogP) is 4.38. The highest BCUT2D eigenvalue weighted by Crippen LogP contribution is 2.16. The summed E-state index contributed by atoms with van der Waals surface area (Å²) in [6.45, 7) is 0.443. The second kappa shape index (κ2) is 12.1. The third kappa shape index (κ3) is 6.96. The van der Waals surface area contributed by atoms with Crippen molar-refractivity contribution in [3.63, 3.8) is 0 Å². The Morgan fingerprint density at radius 1 is 0.970 bits per heavy atom. The molecular weight excluding hydrogens is 418 g/mol. The van der Waals surface area contributed by atoms with Crippen LogP contribution in [-0.2, 0) is 16.0 Å². The summed E-state index contributed by atoms with van der Waals surface area (Å²) >= 11 is 0. The summed E-state index contributed by atoms with van der Waals surface area (Å²) in [6, 6.07) is 24.3. The maximum Gasteiger partial charge on any atom is 0.333 e. The second-order valence-corrected chi connectivity index (χ2v) is 7.20. The van der Waals surface area contributed by atoms with Crippen LogP contribution in [0.15, 0.2) is 84.0 Å². The van der Waals surface area contributed by atoms with Crippen LogP contribution in [0, 0.1) is 11.8 Å². The SMILES string of the molecule is COC(Cc1ccc(C#CCCOc2ccc(C(=NO)c3ccccc3)cc2)cc1)C(=O)O. The van der Waals surface area contributed by atoms with Crippen LogP contribution in [0.2, 0.25) is 0 Å². The largest absolute Gasteiger partial charge is 0.493 e. The minimum absolute atomic E-state index is 0.309. The van der Waals surface area contributed by atoms with Gasteiger partial charge < -0.3 is 19.8 Å². The number of hydrogen-bond donors (Lipinski definition) is 2. The van der Waals surface area contributed by atoms with E-state index in [0.29, 0.717) is 30.9 Å². The average Bonchev–Trinajstić information content (AvgIpc) is 2.85. The summed E-state index contributed by atoms with van der Waals surface area (Å²) in [4.78, 5) is 11.1. The molecule has 0 saturated heterocycles. The molecule has 1 unspecified atom stereocenters. The zero-order valence-electron chi connectivity index (χ0n) is 18.3. The van der Waals surface area contributed by atoms with Crippen LogP contribution in [0.3, 0.4) is 0 Å². The first-order chi connectivity index (χ1) is 16.1. The van der Waals surface area contributed by atoms with E-state index in [0.717, 1.165) is 22.3 Å². The van der Waals surface area contributed by atoms with Crippen molar-refractivity contribution in [1.29, 1.82) is 0 Å². The lowest BCUT2D eigenvalue weighted by Gasteiger charge is -2.10. The van der Waals surface area contributed by atoms with Gasteiger partial charge in [0.05, 0.1) is 6.61 Å². The van der Waals surface area contributed by atoms with Gasteiger partial charge in [-0.25, -0.2) is 4.79 Å². The van der Waals surface area contributed by atoms with Crippen LogP contribution in [0.1, 0.15) is 28.7 Å². The van der Waals surface area contributed by atoms with E-state index < -0.39 is 12.1 Å². The van der Waals surface area contributed by atoms with Crippen molar-refractivity contribution in [2.24, 2.45) is 5.16 Å². The van der Waals surface area contributed by atoms with Crippen LogP contribution in [0.25, 0.3) is 0 Å². The number of carboxylic acid groups (broad SMARTS) is 1. The van der Waals surface area contributed by atoms with Gasteiger partial charge in [0.25, 0.3) is 0 Å². The number of benzene rings is 3. The number of hydrogen-bond acceptors (Lipinski definition) is 5. The van der Waals surface area contributed by atoms with Crippen LogP contribution < -0.4 is 4.74 Å². The highest BCUT2D eigenvalue weighted by molar-refractivity contribution is 6.12. The first kappa shape index (κ1) is 23.6. The van der Waals surface area contributed by atoms with Gasteiger partial charge in [-0.15, -0.1) is 0 Å². The minimum Gasteiger partial charge on any atom is -0.493 e. The van der Waals surface area contributed by atoms with E-state index in [4.69, 9.17) is 14.6 Å². The van der Waals surface area contributed by atoms with Crippen molar-refractivity contribution in [1.82, 2.24) is 0 Å². The molecule has 0 heterocycles. The van der Waals surface area contributed by atoms with E-state index in [-0.39, 0.29) is 0 Å². The Balaban J connectivity index is 1.48. The van der Waals surface area contributed by atoms with Gasteiger partial charge in [0.1, 0.15) is 11.5 Å². The van der Waals surface area contributed by atoms with E-state index in [1.807, 2.05) is 78.9 Å². The summed E-state index contributed by atoms with van der Waals surface area (Å²) in [5.41, 5.74) is 3.85. The molecule has 0 aliphatic rings. The van der Waals surface area contributed by atoms with E-state index >= 15 is 0 Å². The van der Waals surface area contributed by atoms with Gasteiger partial charge in [-0.1, -0.05) is 59.5 Å². The van der Waals surface area contributed by atoms with Crippen LogP contribution in [0.5, 0.6) is 5.75 Å². The third-order valence-electron chi connectivity index (χ3n) is 4.94. The molecule has 3 rings (SSSR count). The van der Waals surface area contributed by atoms with Gasteiger partial charge in [-0.05, 0) is 42.0 Å². The van der Waals surface area contributed by atoms with Gasteiger partial charge in [0, 0.05) is 36.6 Å². The zero-order valence-corrected chi connectivity index (χ0v) is 18.3. The molecule has 3 aromatic rings. The Morgan fingerprint density at radius 2 is 1.64 bits per heavy atom. The average molecular weight is 443 g/mol. The van der Waals surface area contributed by atoms with Gasteiger partial charge in [-0.2, -0.15) is 0 Å². The Bertz CT molecular complexity index is 1130. The molecule has 0 aliphatic carbocycles. The van der Waals surface area contributed by atoms with Gasteiger partial charge in [-0.3, -0.25) is 0 Å². The molecule has 0 fully saturated rings. The smallest absolute Gasteiger partial charge is 0.333 e. The second-order valence-electron chi connectivity index (χ2n) is 7.20. The summed E-state index contributed by atoms with van der Waals surface area (Å²) in [6.07, 6.45) is 0.0131.